The molecule has 0 aliphatic heterocycles. The van der Waals surface area contributed by atoms with Gasteiger partial charge in [0.25, 0.3) is 5.91 Å². The van der Waals surface area contributed by atoms with Crippen molar-refractivity contribution in [3.05, 3.63) is 17.8 Å². The minimum absolute atomic E-state index is 0.137. The molecule has 0 saturated heterocycles. The van der Waals surface area contributed by atoms with Crippen molar-refractivity contribution in [3.63, 3.8) is 0 Å². The average Bonchev–Trinajstić information content (AvgIpc) is 2.27. The molecule has 0 fully saturated rings. The fraction of sp³-hybridized carbons (Fsp3) is 0.500. The van der Waals surface area contributed by atoms with Crippen molar-refractivity contribution in [1.82, 2.24) is 4.98 Å². The van der Waals surface area contributed by atoms with E-state index in [4.69, 9.17) is 11.5 Å². The Balaban J connectivity index is 2.88. The standard InChI is InChI=1S/C12H20N4O/c1-4-12(2,3)7-16-11-9(10(14)17)5-8(13)6-15-11/h5-6H,4,7,13H2,1-3H3,(H2,14,17)(H,15,16). The SMILES string of the molecule is CCC(C)(C)CNc1ncc(N)cc1C(N)=O. The molecule has 1 heterocycles. The number of nitrogens with one attached hydrogen (secondary N) is 1. The van der Waals surface area contributed by atoms with Gasteiger partial charge in [-0.2, -0.15) is 0 Å². The summed E-state index contributed by atoms with van der Waals surface area (Å²) in [5.41, 5.74) is 11.8. The van der Waals surface area contributed by atoms with Crippen LogP contribution in [0.1, 0.15) is 37.6 Å². The summed E-state index contributed by atoms with van der Waals surface area (Å²) in [5.74, 6) is -0.0326. The summed E-state index contributed by atoms with van der Waals surface area (Å²) in [6.07, 6.45) is 2.54. The molecule has 0 radical (unpaired) electrons. The zero-order chi connectivity index (χ0) is 13.1. The zero-order valence-electron chi connectivity index (χ0n) is 10.6. The molecule has 0 aliphatic rings. The van der Waals surface area contributed by atoms with E-state index in [1.54, 1.807) is 0 Å². The van der Waals surface area contributed by atoms with Gasteiger partial charge in [0.1, 0.15) is 5.82 Å². The second-order valence-electron chi connectivity index (χ2n) is 4.90. The monoisotopic (exact) mass is 236 g/mol. The van der Waals surface area contributed by atoms with E-state index in [-0.39, 0.29) is 5.41 Å². The molecule has 0 aromatic carbocycles. The Hall–Kier alpha value is -1.78. The number of primary amides is 1. The van der Waals surface area contributed by atoms with Crippen LogP contribution in [0.5, 0.6) is 0 Å². The Kier molecular flexibility index (Phi) is 3.93. The summed E-state index contributed by atoms with van der Waals surface area (Å²) in [5, 5.41) is 3.15. The summed E-state index contributed by atoms with van der Waals surface area (Å²) in [6, 6.07) is 1.54. The lowest BCUT2D eigenvalue weighted by Crippen LogP contribution is -2.24. The lowest BCUT2D eigenvalue weighted by Gasteiger charge is -2.23. The Labute approximate surface area is 102 Å². The van der Waals surface area contributed by atoms with Gasteiger partial charge in [-0.3, -0.25) is 4.79 Å². The minimum Gasteiger partial charge on any atom is -0.397 e. The van der Waals surface area contributed by atoms with Crippen LogP contribution >= 0.6 is 0 Å². The molecule has 0 unspecified atom stereocenters. The van der Waals surface area contributed by atoms with Crippen molar-refractivity contribution < 1.29 is 4.79 Å². The van der Waals surface area contributed by atoms with Crippen LogP contribution in [0.15, 0.2) is 12.3 Å². The molecule has 1 rings (SSSR count). The number of aromatic nitrogens is 1. The number of nitrogens with zero attached hydrogens (tertiary/aromatic N) is 1. The van der Waals surface area contributed by atoms with E-state index in [2.05, 4.69) is 31.1 Å². The third kappa shape index (κ3) is 3.62. The molecule has 5 nitrogen and oxygen atoms in total. The molecule has 5 N–H and O–H groups in total. The molecular weight excluding hydrogens is 216 g/mol. The van der Waals surface area contributed by atoms with Crippen molar-refractivity contribution in [2.45, 2.75) is 27.2 Å². The quantitative estimate of drug-likeness (QED) is 0.724. The van der Waals surface area contributed by atoms with Gasteiger partial charge in [-0.05, 0) is 17.9 Å². The molecule has 94 valence electrons. The first-order valence-corrected chi connectivity index (χ1v) is 5.65. The topological polar surface area (TPSA) is 94.0 Å². The summed E-state index contributed by atoms with van der Waals surface area (Å²) >= 11 is 0. The maximum atomic E-state index is 11.3. The molecule has 0 atom stereocenters. The van der Waals surface area contributed by atoms with Crippen LogP contribution < -0.4 is 16.8 Å². The second kappa shape index (κ2) is 5.03. The van der Waals surface area contributed by atoms with E-state index in [9.17, 15) is 4.79 Å². The fourth-order valence-electron chi connectivity index (χ4n) is 1.26. The van der Waals surface area contributed by atoms with E-state index in [1.807, 2.05) is 0 Å². The van der Waals surface area contributed by atoms with Crippen LogP contribution in [0.2, 0.25) is 0 Å². The molecule has 1 aromatic heterocycles. The Morgan fingerprint density at radius 3 is 2.71 bits per heavy atom. The molecule has 0 saturated carbocycles. The summed E-state index contributed by atoms with van der Waals surface area (Å²) in [7, 11) is 0. The van der Waals surface area contributed by atoms with Gasteiger partial charge < -0.3 is 16.8 Å². The highest BCUT2D eigenvalue weighted by Gasteiger charge is 2.17. The fourth-order valence-corrected chi connectivity index (χ4v) is 1.26. The predicted octanol–water partition coefficient (Wildman–Crippen LogP) is 1.61. The van der Waals surface area contributed by atoms with Crippen molar-refractivity contribution in [2.24, 2.45) is 11.1 Å². The number of hydrogen-bond donors (Lipinski definition) is 3. The largest absolute Gasteiger partial charge is 0.397 e. The van der Waals surface area contributed by atoms with E-state index in [0.29, 0.717) is 17.1 Å². The first kappa shape index (κ1) is 13.3. The first-order chi connectivity index (χ1) is 7.85. The number of pyridine rings is 1. The third-order valence-electron chi connectivity index (χ3n) is 2.87. The van der Waals surface area contributed by atoms with Crippen LogP contribution in [0.4, 0.5) is 11.5 Å². The van der Waals surface area contributed by atoms with Crippen LogP contribution in [-0.2, 0) is 0 Å². The van der Waals surface area contributed by atoms with Crippen molar-refractivity contribution in [3.8, 4) is 0 Å². The van der Waals surface area contributed by atoms with E-state index in [1.165, 1.54) is 12.3 Å². The zero-order valence-corrected chi connectivity index (χ0v) is 10.6. The van der Waals surface area contributed by atoms with Crippen LogP contribution in [0.3, 0.4) is 0 Å². The minimum atomic E-state index is -0.526. The summed E-state index contributed by atoms with van der Waals surface area (Å²) < 4.78 is 0. The third-order valence-corrected chi connectivity index (χ3v) is 2.87. The maximum absolute atomic E-state index is 11.3. The predicted molar refractivity (Wildman–Crippen MR) is 69.7 cm³/mol. The van der Waals surface area contributed by atoms with Crippen molar-refractivity contribution in [2.75, 3.05) is 17.6 Å². The van der Waals surface area contributed by atoms with Gasteiger partial charge >= 0.3 is 0 Å². The molecule has 0 aliphatic carbocycles. The van der Waals surface area contributed by atoms with Gasteiger partial charge in [-0.15, -0.1) is 0 Å². The highest BCUT2D eigenvalue weighted by atomic mass is 16.1. The molecule has 1 amide bonds. The highest BCUT2D eigenvalue weighted by molar-refractivity contribution is 5.98. The molecule has 0 bridgehead atoms. The van der Waals surface area contributed by atoms with Gasteiger partial charge in [0.15, 0.2) is 0 Å². The van der Waals surface area contributed by atoms with Gasteiger partial charge in [-0.1, -0.05) is 20.8 Å². The number of hydrogen-bond acceptors (Lipinski definition) is 4. The van der Waals surface area contributed by atoms with Gasteiger partial charge in [-0.25, -0.2) is 4.98 Å². The summed E-state index contributed by atoms with van der Waals surface area (Å²) in [6.45, 7) is 7.12. The maximum Gasteiger partial charge on any atom is 0.252 e. The van der Waals surface area contributed by atoms with E-state index < -0.39 is 5.91 Å². The number of carbonyl (C=O) groups excluding carboxylic acids is 1. The number of rotatable bonds is 5. The first-order valence-electron chi connectivity index (χ1n) is 5.65. The van der Waals surface area contributed by atoms with Gasteiger partial charge in [0, 0.05) is 6.54 Å². The smallest absolute Gasteiger partial charge is 0.252 e. The lowest BCUT2D eigenvalue weighted by molar-refractivity contribution is 0.100. The van der Waals surface area contributed by atoms with E-state index >= 15 is 0 Å². The van der Waals surface area contributed by atoms with Crippen molar-refractivity contribution >= 4 is 17.4 Å². The highest BCUT2D eigenvalue weighted by Crippen LogP contribution is 2.22. The lowest BCUT2D eigenvalue weighted by atomic mass is 9.90. The van der Waals surface area contributed by atoms with Gasteiger partial charge in [0.2, 0.25) is 0 Å². The molecule has 17 heavy (non-hydrogen) atoms. The number of amides is 1. The molecule has 5 heteroatoms. The van der Waals surface area contributed by atoms with Crippen LogP contribution in [0, 0.1) is 5.41 Å². The number of anilines is 2. The number of nitrogens with two attached hydrogens (primary N) is 2. The molecular formula is C12H20N4O. The molecule has 1 aromatic rings. The Bertz CT molecular complexity index is 415. The Morgan fingerprint density at radius 2 is 2.18 bits per heavy atom. The second-order valence-corrected chi connectivity index (χ2v) is 4.90. The normalized spacial score (nSPS) is 11.2. The van der Waals surface area contributed by atoms with Crippen LogP contribution in [0.25, 0.3) is 0 Å². The van der Waals surface area contributed by atoms with E-state index in [0.717, 1.165) is 13.0 Å². The average molecular weight is 236 g/mol. The summed E-state index contributed by atoms with van der Waals surface area (Å²) in [4.78, 5) is 15.4. The van der Waals surface area contributed by atoms with Crippen molar-refractivity contribution in [1.29, 1.82) is 0 Å². The number of carbonyl (C=O) groups is 1. The molecule has 0 spiro atoms. The number of nitrogen functional groups attached to an aromatic ring is 1. The van der Waals surface area contributed by atoms with Gasteiger partial charge in [0.05, 0.1) is 17.4 Å². The van der Waals surface area contributed by atoms with Crippen LogP contribution in [-0.4, -0.2) is 17.4 Å². The Morgan fingerprint density at radius 1 is 1.53 bits per heavy atom.